The van der Waals surface area contributed by atoms with E-state index in [0.29, 0.717) is 19.7 Å². The van der Waals surface area contributed by atoms with Crippen LogP contribution in [0, 0.1) is 0 Å². The minimum atomic E-state index is -1.26. The molecule has 104 valence electrons. The highest BCUT2D eigenvalue weighted by atomic mass is 16.5. The number of piperidine rings is 1. The van der Waals surface area contributed by atoms with Gasteiger partial charge in [-0.2, -0.15) is 0 Å². The molecule has 0 aliphatic carbocycles. The van der Waals surface area contributed by atoms with E-state index in [4.69, 9.17) is 14.9 Å². The minimum absolute atomic E-state index is 0.00639. The van der Waals surface area contributed by atoms with E-state index in [9.17, 15) is 9.59 Å². The van der Waals surface area contributed by atoms with Crippen molar-refractivity contribution >= 4 is 12.0 Å². The number of rotatable bonds is 5. The number of aliphatic hydroxyl groups excluding tert-OH is 1. The van der Waals surface area contributed by atoms with E-state index < -0.39 is 24.6 Å². The predicted octanol–water partition coefficient (Wildman–Crippen LogP) is -0.358. The molecular weight excluding hydrogens is 240 g/mol. The van der Waals surface area contributed by atoms with Gasteiger partial charge in [0.15, 0.2) is 6.04 Å². The van der Waals surface area contributed by atoms with Crippen molar-refractivity contribution < 1.29 is 24.5 Å². The quantitative estimate of drug-likeness (QED) is 0.627. The second kappa shape index (κ2) is 7.17. The average molecular weight is 260 g/mol. The van der Waals surface area contributed by atoms with Crippen LogP contribution < -0.4 is 5.32 Å². The molecule has 1 saturated heterocycles. The Bertz CT molecular complexity index is 295. The fourth-order valence-electron chi connectivity index (χ4n) is 1.92. The standard InChI is InChI=1S/C11H20N2O5/c1-2-18-8-4-3-5-13(6-8)11(17)12-9(7-14)10(15)16/h8-9,14H,2-7H2,1H3,(H,12,17)(H,15,16)/t8?,9-/m0/s1. The third-order valence-corrected chi connectivity index (χ3v) is 2.85. The molecule has 0 radical (unpaired) electrons. The zero-order chi connectivity index (χ0) is 13.5. The third kappa shape index (κ3) is 4.15. The first-order valence-corrected chi connectivity index (χ1v) is 6.09. The average Bonchev–Trinajstić information content (AvgIpc) is 2.36. The van der Waals surface area contributed by atoms with Crippen molar-refractivity contribution in [1.82, 2.24) is 10.2 Å². The van der Waals surface area contributed by atoms with Crippen LogP contribution in [-0.4, -0.2) is 65.6 Å². The number of aliphatic hydroxyl groups is 1. The lowest BCUT2D eigenvalue weighted by Gasteiger charge is -2.33. The van der Waals surface area contributed by atoms with Crippen molar-refractivity contribution in [3.05, 3.63) is 0 Å². The Morgan fingerprint density at radius 2 is 2.28 bits per heavy atom. The zero-order valence-corrected chi connectivity index (χ0v) is 10.5. The Morgan fingerprint density at radius 1 is 1.56 bits per heavy atom. The summed E-state index contributed by atoms with van der Waals surface area (Å²) in [5.74, 6) is -1.25. The summed E-state index contributed by atoms with van der Waals surface area (Å²) in [6, 6.07) is -1.73. The van der Waals surface area contributed by atoms with Gasteiger partial charge in [-0.15, -0.1) is 0 Å². The van der Waals surface area contributed by atoms with Crippen LogP contribution in [0.2, 0.25) is 0 Å². The Kier molecular flexibility index (Phi) is 5.87. The molecule has 0 bridgehead atoms. The number of likely N-dealkylation sites (tertiary alicyclic amines) is 1. The summed E-state index contributed by atoms with van der Waals surface area (Å²) in [5, 5.41) is 19.9. The largest absolute Gasteiger partial charge is 0.480 e. The number of ether oxygens (including phenoxy) is 1. The minimum Gasteiger partial charge on any atom is -0.480 e. The number of aliphatic carboxylic acids is 1. The van der Waals surface area contributed by atoms with Crippen molar-refractivity contribution in [3.8, 4) is 0 Å². The Morgan fingerprint density at radius 3 is 2.83 bits per heavy atom. The molecule has 1 fully saturated rings. The molecular formula is C11H20N2O5. The van der Waals surface area contributed by atoms with Gasteiger partial charge in [-0.3, -0.25) is 0 Å². The first kappa shape index (κ1) is 14.7. The van der Waals surface area contributed by atoms with Gasteiger partial charge in [0.2, 0.25) is 0 Å². The lowest BCUT2D eigenvalue weighted by atomic mass is 10.1. The van der Waals surface area contributed by atoms with Crippen molar-refractivity contribution in [3.63, 3.8) is 0 Å². The number of amides is 2. The molecule has 7 heteroatoms. The van der Waals surface area contributed by atoms with Crippen molar-refractivity contribution in [2.45, 2.75) is 31.9 Å². The van der Waals surface area contributed by atoms with E-state index >= 15 is 0 Å². The Hall–Kier alpha value is -1.34. The molecule has 2 amide bonds. The highest BCUT2D eigenvalue weighted by Gasteiger charge is 2.27. The fraction of sp³-hybridized carbons (Fsp3) is 0.818. The number of carboxylic acid groups (broad SMARTS) is 1. The lowest BCUT2D eigenvalue weighted by molar-refractivity contribution is -0.140. The van der Waals surface area contributed by atoms with E-state index in [1.807, 2.05) is 6.92 Å². The molecule has 1 unspecified atom stereocenters. The predicted molar refractivity (Wildman–Crippen MR) is 63.3 cm³/mol. The Balaban J connectivity index is 2.47. The number of nitrogens with one attached hydrogen (secondary N) is 1. The number of urea groups is 1. The maximum absolute atomic E-state index is 11.8. The van der Waals surface area contributed by atoms with E-state index in [1.54, 1.807) is 0 Å². The van der Waals surface area contributed by atoms with E-state index in [2.05, 4.69) is 5.32 Å². The van der Waals surface area contributed by atoms with Crippen molar-refractivity contribution in [2.75, 3.05) is 26.3 Å². The van der Waals surface area contributed by atoms with Gasteiger partial charge in [0, 0.05) is 19.7 Å². The summed E-state index contributed by atoms with van der Waals surface area (Å²) in [5.41, 5.74) is 0. The highest BCUT2D eigenvalue weighted by molar-refractivity contribution is 5.82. The van der Waals surface area contributed by atoms with Gasteiger partial charge >= 0.3 is 12.0 Å². The normalized spacial score (nSPS) is 21.4. The van der Waals surface area contributed by atoms with E-state index in [-0.39, 0.29) is 6.10 Å². The number of hydrogen-bond donors (Lipinski definition) is 3. The summed E-state index contributed by atoms with van der Waals surface area (Å²) in [6.07, 6.45) is 1.74. The van der Waals surface area contributed by atoms with Gasteiger partial charge in [-0.1, -0.05) is 0 Å². The summed E-state index contributed by atoms with van der Waals surface area (Å²) in [6.45, 7) is 2.90. The lowest BCUT2D eigenvalue weighted by Crippen LogP contribution is -2.53. The first-order chi connectivity index (χ1) is 8.58. The molecule has 1 aliphatic heterocycles. The van der Waals surface area contributed by atoms with Crippen LogP contribution in [0.4, 0.5) is 4.79 Å². The van der Waals surface area contributed by atoms with Gasteiger partial charge in [-0.25, -0.2) is 9.59 Å². The molecule has 0 aromatic heterocycles. The van der Waals surface area contributed by atoms with Gasteiger partial charge in [0.1, 0.15) is 0 Å². The van der Waals surface area contributed by atoms with E-state index in [0.717, 1.165) is 12.8 Å². The molecule has 1 aliphatic rings. The van der Waals surface area contributed by atoms with Crippen LogP contribution in [0.25, 0.3) is 0 Å². The first-order valence-electron chi connectivity index (χ1n) is 6.09. The van der Waals surface area contributed by atoms with Crippen molar-refractivity contribution in [1.29, 1.82) is 0 Å². The molecule has 0 aromatic carbocycles. The number of nitrogens with zero attached hydrogens (tertiary/aromatic N) is 1. The van der Waals surface area contributed by atoms with Crippen LogP contribution >= 0.6 is 0 Å². The smallest absolute Gasteiger partial charge is 0.328 e. The molecule has 18 heavy (non-hydrogen) atoms. The van der Waals surface area contributed by atoms with Crippen molar-refractivity contribution in [2.24, 2.45) is 0 Å². The second-order valence-corrected chi connectivity index (χ2v) is 4.19. The number of hydrogen-bond acceptors (Lipinski definition) is 4. The maximum atomic E-state index is 11.8. The topological polar surface area (TPSA) is 99.1 Å². The fourth-order valence-corrected chi connectivity index (χ4v) is 1.92. The summed E-state index contributed by atoms with van der Waals surface area (Å²) >= 11 is 0. The second-order valence-electron chi connectivity index (χ2n) is 4.19. The molecule has 1 rings (SSSR count). The molecule has 1 heterocycles. The van der Waals surface area contributed by atoms with Crippen LogP contribution in [0.5, 0.6) is 0 Å². The monoisotopic (exact) mass is 260 g/mol. The molecule has 0 saturated carbocycles. The van der Waals surface area contributed by atoms with E-state index in [1.165, 1.54) is 4.90 Å². The van der Waals surface area contributed by atoms with Gasteiger partial charge in [0.05, 0.1) is 12.7 Å². The van der Waals surface area contributed by atoms with Crippen LogP contribution in [0.3, 0.4) is 0 Å². The molecule has 0 spiro atoms. The number of carboxylic acids is 1. The van der Waals surface area contributed by atoms with Crippen LogP contribution in [0.1, 0.15) is 19.8 Å². The Labute approximate surface area is 106 Å². The summed E-state index contributed by atoms with van der Waals surface area (Å²) in [7, 11) is 0. The summed E-state index contributed by atoms with van der Waals surface area (Å²) < 4.78 is 5.45. The highest BCUT2D eigenvalue weighted by Crippen LogP contribution is 2.13. The van der Waals surface area contributed by atoms with Gasteiger partial charge in [0.25, 0.3) is 0 Å². The number of carbonyl (C=O) groups is 2. The maximum Gasteiger partial charge on any atom is 0.328 e. The molecule has 7 nitrogen and oxygen atoms in total. The summed E-state index contributed by atoms with van der Waals surface area (Å²) in [4.78, 5) is 24.0. The third-order valence-electron chi connectivity index (χ3n) is 2.85. The number of carbonyl (C=O) groups excluding carboxylic acids is 1. The SMILES string of the molecule is CCOC1CCCN(C(=O)N[C@@H](CO)C(=O)O)C1. The molecule has 2 atom stereocenters. The molecule has 0 aromatic rings. The van der Waals surface area contributed by atoms with Gasteiger partial charge in [-0.05, 0) is 19.8 Å². The van der Waals surface area contributed by atoms with Gasteiger partial charge < -0.3 is 25.2 Å². The van der Waals surface area contributed by atoms with Crippen LogP contribution in [0.15, 0.2) is 0 Å². The molecule has 3 N–H and O–H groups in total. The van der Waals surface area contributed by atoms with Crippen LogP contribution in [-0.2, 0) is 9.53 Å². The zero-order valence-electron chi connectivity index (χ0n) is 10.5.